The van der Waals surface area contributed by atoms with Crippen molar-refractivity contribution in [2.24, 2.45) is 0 Å². The van der Waals surface area contributed by atoms with Gasteiger partial charge in [0.25, 0.3) is 5.91 Å². The molecule has 2 fully saturated rings. The molecular weight excluding hydrogens is 444 g/mol. The predicted octanol–water partition coefficient (Wildman–Crippen LogP) is 3.10. The van der Waals surface area contributed by atoms with Crippen LogP contribution in [0.25, 0.3) is 0 Å². The van der Waals surface area contributed by atoms with E-state index in [4.69, 9.17) is 4.74 Å². The minimum atomic E-state index is -3.64. The third kappa shape index (κ3) is 3.50. The number of ether oxygens (including phenoxy) is 1. The number of halogens is 1. The van der Waals surface area contributed by atoms with Crippen LogP contribution in [0.15, 0.2) is 64.0 Å². The molecule has 2 aromatic carbocycles. The maximum absolute atomic E-state index is 13.1. The Bertz CT molecular complexity index is 973. The lowest BCUT2D eigenvalue weighted by molar-refractivity contribution is -0.0857. The molecule has 4 rings (SSSR count). The number of amides is 1. The van der Waals surface area contributed by atoms with Gasteiger partial charge in [0.15, 0.2) is 0 Å². The number of nitrogens with zero attached hydrogens (tertiary/aromatic N) is 2. The molecule has 0 aromatic heterocycles. The van der Waals surface area contributed by atoms with Crippen LogP contribution in [0.3, 0.4) is 0 Å². The number of hydrogen-bond acceptors (Lipinski definition) is 4. The zero-order valence-corrected chi connectivity index (χ0v) is 17.7. The molecule has 1 spiro atoms. The van der Waals surface area contributed by atoms with Gasteiger partial charge in [0.05, 0.1) is 11.5 Å². The molecule has 2 aliphatic rings. The van der Waals surface area contributed by atoms with Crippen LogP contribution in [0.1, 0.15) is 23.2 Å². The van der Waals surface area contributed by atoms with Gasteiger partial charge < -0.3 is 9.64 Å². The average molecular weight is 465 g/mol. The summed E-state index contributed by atoms with van der Waals surface area (Å²) >= 11 is 3.39. The van der Waals surface area contributed by atoms with Gasteiger partial charge in [0.2, 0.25) is 10.0 Å². The lowest BCUT2D eigenvalue weighted by atomic mass is 10.00. The highest BCUT2D eigenvalue weighted by Gasteiger charge is 2.50. The van der Waals surface area contributed by atoms with E-state index in [-0.39, 0.29) is 10.8 Å². The normalized spacial score (nSPS) is 19.8. The molecule has 2 aliphatic heterocycles. The van der Waals surface area contributed by atoms with Gasteiger partial charge in [-0.05, 0) is 30.3 Å². The van der Waals surface area contributed by atoms with E-state index >= 15 is 0 Å². The van der Waals surface area contributed by atoms with E-state index in [1.54, 1.807) is 47.4 Å². The van der Waals surface area contributed by atoms with E-state index in [9.17, 15) is 13.2 Å². The highest BCUT2D eigenvalue weighted by atomic mass is 79.9. The van der Waals surface area contributed by atoms with E-state index in [1.807, 2.05) is 12.1 Å². The lowest BCUT2D eigenvalue weighted by Crippen LogP contribution is -2.55. The van der Waals surface area contributed by atoms with E-state index in [0.29, 0.717) is 44.6 Å². The average Bonchev–Trinajstić information content (AvgIpc) is 3.12. The van der Waals surface area contributed by atoms with Gasteiger partial charge in [-0.3, -0.25) is 4.79 Å². The van der Waals surface area contributed by atoms with Gasteiger partial charge in [-0.15, -0.1) is 0 Å². The van der Waals surface area contributed by atoms with E-state index in [0.717, 1.165) is 4.47 Å². The maximum Gasteiger partial charge on any atom is 0.253 e. The molecule has 0 N–H and O–H groups in total. The van der Waals surface area contributed by atoms with Crippen molar-refractivity contribution < 1.29 is 17.9 Å². The van der Waals surface area contributed by atoms with Crippen molar-refractivity contribution in [3.05, 3.63) is 64.6 Å². The summed E-state index contributed by atoms with van der Waals surface area (Å²) in [5.74, 6) is -0.0494. The fraction of sp³-hybridized carbons (Fsp3) is 0.350. The van der Waals surface area contributed by atoms with Crippen molar-refractivity contribution in [3.63, 3.8) is 0 Å². The van der Waals surface area contributed by atoms with Gasteiger partial charge in [-0.1, -0.05) is 40.2 Å². The van der Waals surface area contributed by atoms with Crippen LogP contribution in [0.4, 0.5) is 0 Å². The molecule has 28 heavy (non-hydrogen) atoms. The maximum atomic E-state index is 13.1. The molecule has 1 amide bonds. The summed E-state index contributed by atoms with van der Waals surface area (Å²) < 4.78 is 34.6. The fourth-order valence-corrected chi connectivity index (χ4v) is 6.05. The molecule has 2 aromatic rings. The second-order valence-corrected chi connectivity index (χ2v) is 9.77. The Labute approximate surface area is 173 Å². The molecular formula is C20H21BrN2O4S. The van der Waals surface area contributed by atoms with Crippen molar-refractivity contribution in [3.8, 4) is 0 Å². The van der Waals surface area contributed by atoms with Crippen LogP contribution >= 0.6 is 15.9 Å². The summed E-state index contributed by atoms with van der Waals surface area (Å²) in [7, 11) is -3.64. The number of benzene rings is 2. The first-order chi connectivity index (χ1) is 13.4. The van der Waals surface area contributed by atoms with E-state index < -0.39 is 15.7 Å². The minimum absolute atomic E-state index is 0.0494. The fourth-order valence-electron chi connectivity index (χ4n) is 3.91. The smallest absolute Gasteiger partial charge is 0.253 e. The monoisotopic (exact) mass is 464 g/mol. The van der Waals surface area contributed by atoms with Crippen molar-refractivity contribution in [1.82, 2.24) is 9.21 Å². The summed E-state index contributed by atoms with van der Waals surface area (Å²) in [6.07, 6.45) is 0.914. The highest BCUT2D eigenvalue weighted by molar-refractivity contribution is 9.10. The number of likely N-dealkylation sites (tertiary alicyclic amines) is 1. The standard InChI is InChI=1S/C20H21BrN2O4S/c21-17-6-4-5-16(15-17)19(24)22-11-9-20(10-12-22)23(13-14-27-20)28(25,26)18-7-2-1-3-8-18/h1-8,15H,9-14H2. The van der Waals surface area contributed by atoms with Gasteiger partial charge in [0.1, 0.15) is 5.72 Å². The molecule has 0 unspecified atom stereocenters. The first-order valence-electron chi connectivity index (χ1n) is 9.19. The van der Waals surface area contributed by atoms with Gasteiger partial charge in [-0.2, -0.15) is 4.31 Å². The molecule has 2 heterocycles. The first kappa shape index (κ1) is 19.6. The van der Waals surface area contributed by atoms with Crippen LogP contribution in [-0.2, 0) is 14.8 Å². The molecule has 6 nitrogen and oxygen atoms in total. The topological polar surface area (TPSA) is 66.9 Å². The minimum Gasteiger partial charge on any atom is -0.358 e. The third-order valence-corrected chi connectivity index (χ3v) is 7.81. The Morgan fingerprint density at radius 3 is 2.39 bits per heavy atom. The van der Waals surface area contributed by atoms with Crippen LogP contribution in [0, 0.1) is 0 Å². The number of rotatable bonds is 3. The quantitative estimate of drug-likeness (QED) is 0.699. The van der Waals surface area contributed by atoms with Gasteiger partial charge in [-0.25, -0.2) is 8.42 Å². The largest absolute Gasteiger partial charge is 0.358 e. The van der Waals surface area contributed by atoms with Crippen molar-refractivity contribution in [2.75, 3.05) is 26.2 Å². The number of carbonyl (C=O) groups excluding carboxylic acids is 1. The molecule has 0 aliphatic carbocycles. The van der Waals surface area contributed by atoms with Crippen molar-refractivity contribution in [1.29, 1.82) is 0 Å². The van der Waals surface area contributed by atoms with Gasteiger partial charge >= 0.3 is 0 Å². The molecule has 8 heteroatoms. The summed E-state index contributed by atoms with van der Waals surface area (Å²) in [5.41, 5.74) is -0.255. The van der Waals surface area contributed by atoms with Crippen molar-refractivity contribution in [2.45, 2.75) is 23.5 Å². The highest BCUT2D eigenvalue weighted by Crippen LogP contribution is 2.38. The summed E-state index contributed by atoms with van der Waals surface area (Å²) in [6.45, 7) is 1.60. The van der Waals surface area contributed by atoms with Crippen molar-refractivity contribution >= 4 is 31.9 Å². The molecule has 0 saturated carbocycles. The molecule has 148 valence electrons. The number of piperidine rings is 1. The van der Waals surface area contributed by atoms with Crippen LogP contribution in [0.2, 0.25) is 0 Å². The molecule has 2 saturated heterocycles. The Kier molecular flexibility index (Phi) is 5.30. The first-order valence-corrected chi connectivity index (χ1v) is 11.4. The second-order valence-electron chi connectivity index (χ2n) is 6.99. The molecule has 0 bridgehead atoms. The summed E-state index contributed by atoms with van der Waals surface area (Å²) in [6, 6.07) is 15.7. The zero-order chi connectivity index (χ0) is 19.8. The Balaban J connectivity index is 1.52. The predicted molar refractivity (Wildman–Crippen MR) is 108 cm³/mol. The summed E-state index contributed by atoms with van der Waals surface area (Å²) in [5, 5.41) is 0. The SMILES string of the molecule is O=C(c1cccc(Br)c1)N1CCC2(CC1)OCCN2S(=O)(=O)c1ccccc1. The number of hydrogen-bond donors (Lipinski definition) is 0. The lowest BCUT2D eigenvalue weighted by Gasteiger charge is -2.42. The third-order valence-electron chi connectivity index (χ3n) is 5.35. The summed E-state index contributed by atoms with van der Waals surface area (Å²) in [4.78, 5) is 14.8. The van der Waals surface area contributed by atoms with Crippen LogP contribution in [-0.4, -0.2) is 55.5 Å². The Morgan fingerprint density at radius 1 is 1.00 bits per heavy atom. The van der Waals surface area contributed by atoms with Crippen LogP contribution in [0.5, 0.6) is 0 Å². The molecule has 0 radical (unpaired) electrons. The number of carbonyl (C=O) groups is 1. The zero-order valence-electron chi connectivity index (χ0n) is 15.3. The Morgan fingerprint density at radius 2 is 1.71 bits per heavy atom. The molecule has 0 atom stereocenters. The van der Waals surface area contributed by atoms with Crippen LogP contribution < -0.4 is 0 Å². The van der Waals surface area contributed by atoms with Gasteiger partial charge in [0, 0.05) is 42.5 Å². The van der Waals surface area contributed by atoms with E-state index in [1.165, 1.54) is 4.31 Å². The number of sulfonamides is 1. The Hall–Kier alpha value is -1.74. The van der Waals surface area contributed by atoms with E-state index in [2.05, 4.69) is 15.9 Å². The second kappa shape index (κ2) is 7.59.